The molecule has 1 aromatic carbocycles. The van der Waals surface area contributed by atoms with Crippen LogP contribution in [0.4, 0.5) is 4.79 Å². The second kappa shape index (κ2) is 8.39. The summed E-state index contributed by atoms with van der Waals surface area (Å²) in [5.41, 5.74) is 3.10. The highest BCUT2D eigenvalue weighted by Crippen LogP contribution is 2.40. The molecule has 5 heterocycles. The highest BCUT2D eigenvalue weighted by Gasteiger charge is 2.38. The summed E-state index contributed by atoms with van der Waals surface area (Å²) in [7, 11) is -3.28. The number of fused-ring (bicyclic) bond motifs is 1. The van der Waals surface area contributed by atoms with Gasteiger partial charge >= 0.3 is 6.09 Å². The van der Waals surface area contributed by atoms with Gasteiger partial charge in [0.15, 0.2) is 15.7 Å². The zero-order valence-corrected chi connectivity index (χ0v) is 20.0. The van der Waals surface area contributed by atoms with Crippen LogP contribution in [0.15, 0.2) is 22.7 Å². The summed E-state index contributed by atoms with van der Waals surface area (Å²) in [4.78, 5) is 18.7. The molecule has 1 saturated heterocycles. The number of carbonyl (C=O) groups excluding carboxylic acids is 1. The van der Waals surface area contributed by atoms with Crippen molar-refractivity contribution in [3.05, 3.63) is 46.6 Å². The summed E-state index contributed by atoms with van der Waals surface area (Å²) in [5.74, 6) is 1.38. The van der Waals surface area contributed by atoms with Gasteiger partial charge in [0.2, 0.25) is 5.89 Å². The van der Waals surface area contributed by atoms with Crippen molar-refractivity contribution in [3.8, 4) is 0 Å². The number of hydrogen-bond donors (Lipinski definition) is 1. The molecule has 1 fully saturated rings. The van der Waals surface area contributed by atoms with Gasteiger partial charge in [-0.25, -0.2) is 13.2 Å². The van der Waals surface area contributed by atoms with Crippen molar-refractivity contribution in [1.29, 1.82) is 0 Å². The Bertz CT molecular complexity index is 1150. The molecule has 1 amide bonds. The molecular weight excluding hydrogens is 444 g/mol. The molecule has 33 heavy (non-hydrogen) atoms. The number of nitrogens with one attached hydrogen (secondary N) is 1. The fraction of sp³-hybridized carbons (Fsp3) is 0.609. The van der Waals surface area contributed by atoms with Crippen LogP contribution in [0, 0.1) is 5.92 Å². The van der Waals surface area contributed by atoms with Crippen molar-refractivity contribution < 1.29 is 22.5 Å². The minimum absolute atomic E-state index is 0.0632. The predicted octanol–water partition coefficient (Wildman–Crippen LogP) is 2.77. The maximum Gasteiger partial charge on any atom is 0.410 e. The predicted molar refractivity (Wildman–Crippen MR) is 120 cm³/mol. The zero-order valence-electron chi connectivity index (χ0n) is 19.2. The second-order valence-corrected chi connectivity index (χ2v) is 12.0. The molecule has 3 atom stereocenters. The lowest BCUT2D eigenvalue weighted by Gasteiger charge is -2.33. The average Bonchev–Trinajstić information content (AvgIpc) is 3.26. The third-order valence-corrected chi connectivity index (χ3v) is 8.28. The van der Waals surface area contributed by atoms with E-state index in [0.29, 0.717) is 37.1 Å². The first-order valence-electron chi connectivity index (χ1n) is 11.6. The molecule has 6 bridgehead atoms. The van der Waals surface area contributed by atoms with Gasteiger partial charge in [0.1, 0.15) is 5.37 Å². The second-order valence-electron chi connectivity index (χ2n) is 9.72. The quantitative estimate of drug-likeness (QED) is 0.719. The summed E-state index contributed by atoms with van der Waals surface area (Å²) in [5, 5.41) is 6.74. The van der Waals surface area contributed by atoms with E-state index in [2.05, 4.69) is 28.7 Å². The summed E-state index contributed by atoms with van der Waals surface area (Å²) in [6.07, 6.45) is 3.91. The Morgan fingerprint density at radius 1 is 1.30 bits per heavy atom. The number of amides is 1. The molecule has 6 rings (SSSR count). The molecule has 2 aromatic rings. The SMILES string of the molecule is CC(C)OC(=O)N1CCC(CC2c3ccc4c(c3)CC(S(C)(=O)=O)NC4c3noc2n3)CC1. The van der Waals surface area contributed by atoms with E-state index in [1.54, 1.807) is 4.90 Å². The van der Waals surface area contributed by atoms with Crippen LogP contribution in [-0.4, -0.2) is 60.4 Å². The Hall–Kier alpha value is -2.46. The highest BCUT2D eigenvalue weighted by atomic mass is 32.2. The first-order valence-corrected chi connectivity index (χ1v) is 13.5. The van der Waals surface area contributed by atoms with Gasteiger partial charge in [-0.05, 0) is 55.7 Å². The number of sulfone groups is 1. The topological polar surface area (TPSA) is 115 Å². The Morgan fingerprint density at radius 3 is 2.76 bits per heavy atom. The Labute approximate surface area is 193 Å². The van der Waals surface area contributed by atoms with E-state index in [-0.39, 0.29) is 18.1 Å². The first kappa shape index (κ1) is 22.3. The number of hydrogen-bond acceptors (Lipinski definition) is 8. The van der Waals surface area contributed by atoms with Crippen LogP contribution in [0.25, 0.3) is 0 Å². The van der Waals surface area contributed by atoms with Crippen molar-refractivity contribution >= 4 is 15.9 Å². The van der Waals surface area contributed by atoms with Gasteiger partial charge in [-0.1, -0.05) is 23.4 Å². The van der Waals surface area contributed by atoms with E-state index in [9.17, 15) is 13.2 Å². The van der Waals surface area contributed by atoms with Crippen LogP contribution in [0.5, 0.6) is 0 Å². The molecule has 178 valence electrons. The van der Waals surface area contributed by atoms with Crippen molar-refractivity contribution in [3.63, 3.8) is 0 Å². The Kier molecular flexibility index (Phi) is 5.68. The minimum atomic E-state index is -3.28. The summed E-state index contributed by atoms with van der Waals surface area (Å²) in [6.45, 7) is 5.05. The number of aromatic nitrogens is 2. The van der Waals surface area contributed by atoms with Gasteiger partial charge in [0, 0.05) is 25.8 Å². The first-order chi connectivity index (χ1) is 15.7. The standard InChI is InChI=1S/C23H30N4O5S/c1-13(2)31-23(28)27-8-6-14(7-9-27)10-18-15-4-5-17-16(11-15)12-19(33(3,29)30)24-20(17)21-25-22(18)32-26-21/h4-5,11,13-14,18-20,24H,6-10,12H2,1-3H3. The molecule has 4 aliphatic heterocycles. The average molecular weight is 475 g/mol. The largest absolute Gasteiger partial charge is 0.447 e. The molecule has 3 unspecified atom stereocenters. The fourth-order valence-electron chi connectivity index (χ4n) is 5.17. The number of benzene rings is 1. The van der Waals surface area contributed by atoms with E-state index in [1.165, 1.54) is 6.26 Å². The molecule has 0 spiro atoms. The number of piperidine rings is 1. The zero-order chi connectivity index (χ0) is 23.3. The lowest BCUT2D eigenvalue weighted by Crippen LogP contribution is -2.44. The lowest BCUT2D eigenvalue weighted by molar-refractivity contribution is 0.0643. The van der Waals surface area contributed by atoms with E-state index in [4.69, 9.17) is 14.2 Å². The lowest BCUT2D eigenvalue weighted by atomic mass is 9.82. The van der Waals surface area contributed by atoms with E-state index >= 15 is 0 Å². The van der Waals surface area contributed by atoms with Gasteiger partial charge in [0.05, 0.1) is 18.1 Å². The van der Waals surface area contributed by atoms with Crippen molar-refractivity contribution in [2.75, 3.05) is 19.3 Å². The van der Waals surface area contributed by atoms with Crippen molar-refractivity contribution in [2.24, 2.45) is 5.92 Å². The van der Waals surface area contributed by atoms with E-state index in [1.807, 2.05) is 13.8 Å². The minimum Gasteiger partial charge on any atom is -0.447 e. The summed E-state index contributed by atoms with van der Waals surface area (Å²) in [6, 6.07) is 5.88. The maximum absolute atomic E-state index is 12.3. The van der Waals surface area contributed by atoms with Gasteiger partial charge < -0.3 is 14.2 Å². The third-order valence-electron chi connectivity index (χ3n) is 6.95. The fourth-order valence-corrected chi connectivity index (χ4v) is 6.04. The number of carbonyl (C=O) groups is 1. The number of nitrogens with zero attached hydrogens (tertiary/aromatic N) is 3. The van der Waals surface area contributed by atoms with Crippen LogP contribution >= 0.6 is 0 Å². The Morgan fingerprint density at radius 2 is 2.06 bits per heavy atom. The maximum atomic E-state index is 12.3. The van der Waals surface area contributed by atoms with Crippen LogP contribution < -0.4 is 5.32 Å². The van der Waals surface area contributed by atoms with Gasteiger partial charge in [-0.2, -0.15) is 4.98 Å². The van der Waals surface area contributed by atoms with Gasteiger partial charge in [0.25, 0.3) is 0 Å². The van der Waals surface area contributed by atoms with Crippen LogP contribution in [-0.2, 0) is 21.0 Å². The van der Waals surface area contributed by atoms with Crippen LogP contribution in [0.2, 0.25) is 0 Å². The molecule has 1 aromatic heterocycles. The van der Waals surface area contributed by atoms with Crippen LogP contribution in [0.1, 0.15) is 73.5 Å². The smallest absolute Gasteiger partial charge is 0.410 e. The monoisotopic (exact) mass is 474 g/mol. The molecule has 0 radical (unpaired) electrons. The van der Waals surface area contributed by atoms with E-state index < -0.39 is 21.3 Å². The molecule has 1 N–H and O–H groups in total. The van der Waals surface area contributed by atoms with Crippen molar-refractivity contribution in [2.45, 2.75) is 63.0 Å². The molecular formula is C23H30N4O5S. The van der Waals surface area contributed by atoms with Crippen molar-refractivity contribution in [1.82, 2.24) is 20.4 Å². The number of ether oxygens (including phenoxy) is 1. The number of likely N-dealkylation sites (tertiary alicyclic amines) is 1. The molecule has 9 nitrogen and oxygen atoms in total. The normalized spacial score (nSPS) is 25.0. The molecule has 0 saturated carbocycles. The number of rotatable bonds is 4. The molecule has 4 aliphatic rings. The summed E-state index contributed by atoms with van der Waals surface area (Å²) < 4.78 is 35.6. The van der Waals surface area contributed by atoms with E-state index in [0.717, 1.165) is 36.0 Å². The summed E-state index contributed by atoms with van der Waals surface area (Å²) >= 11 is 0. The Balaban J connectivity index is 1.38. The van der Waals surface area contributed by atoms with Gasteiger partial charge in [-0.3, -0.25) is 5.32 Å². The molecule has 10 heteroatoms. The molecule has 0 aliphatic carbocycles. The van der Waals surface area contributed by atoms with Gasteiger partial charge in [-0.15, -0.1) is 0 Å². The highest BCUT2D eigenvalue weighted by molar-refractivity contribution is 7.91. The third kappa shape index (κ3) is 4.38. The van der Waals surface area contributed by atoms with Crippen LogP contribution in [0.3, 0.4) is 0 Å².